The molecule has 0 saturated heterocycles. The van der Waals surface area contributed by atoms with Crippen molar-refractivity contribution in [1.29, 1.82) is 0 Å². The van der Waals surface area contributed by atoms with Gasteiger partial charge < -0.3 is 5.32 Å². The number of nitrogens with zero attached hydrogens (tertiary/aromatic N) is 3. The molecule has 0 spiro atoms. The van der Waals surface area contributed by atoms with Crippen molar-refractivity contribution in [3.05, 3.63) is 41.5 Å². The Bertz CT molecular complexity index is 717. The lowest BCUT2D eigenvalue weighted by Crippen LogP contribution is -2.06. The monoisotopic (exact) mass is 296 g/mol. The Morgan fingerprint density at radius 1 is 1.09 bits per heavy atom. The van der Waals surface area contributed by atoms with E-state index in [1.54, 1.807) is 0 Å². The van der Waals surface area contributed by atoms with Gasteiger partial charge in [0.05, 0.1) is 11.4 Å². The van der Waals surface area contributed by atoms with E-state index in [9.17, 15) is 0 Å². The number of nitrogens with one attached hydrogen (secondary N) is 1. The maximum Gasteiger partial charge on any atom is 0.152 e. The third-order valence-electron chi connectivity index (χ3n) is 3.67. The number of rotatable bonds is 4. The fourth-order valence-corrected chi connectivity index (χ4v) is 2.40. The topological polar surface area (TPSA) is 50.7 Å². The normalized spacial score (nSPS) is 10.9. The Morgan fingerprint density at radius 2 is 1.77 bits per heavy atom. The molecule has 0 aliphatic carbocycles. The van der Waals surface area contributed by atoms with Gasteiger partial charge in [0.15, 0.2) is 5.82 Å². The van der Waals surface area contributed by atoms with Gasteiger partial charge in [-0.05, 0) is 44.4 Å². The molecule has 2 aromatic rings. The number of aryl methyl sites for hydroxylation is 2. The first kappa shape index (κ1) is 16.1. The summed E-state index contributed by atoms with van der Waals surface area (Å²) < 4.78 is 0. The van der Waals surface area contributed by atoms with Crippen molar-refractivity contribution in [2.75, 3.05) is 12.4 Å². The van der Waals surface area contributed by atoms with Gasteiger partial charge in [0.2, 0.25) is 0 Å². The summed E-state index contributed by atoms with van der Waals surface area (Å²) in [7, 11) is 1.85. The zero-order valence-corrected chi connectivity index (χ0v) is 14.3. The fourth-order valence-electron chi connectivity index (χ4n) is 2.40. The summed E-state index contributed by atoms with van der Waals surface area (Å²) in [4.78, 5) is 14.1. The summed E-state index contributed by atoms with van der Waals surface area (Å²) >= 11 is 0. The molecular formula is C18H24N4. The van der Waals surface area contributed by atoms with Crippen molar-refractivity contribution in [2.45, 2.75) is 40.5 Å². The fraction of sp³-hybridized carbons (Fsp3) is 0.389. The van der Waals surface area contributed by atoms with Crippen LogP contribution in [-0.4, -0.2) is 22.0 Å². The maximum atomic E-state index is 4.78. The van der Waals surface area contributed by atoms with Crippen molar-refractivity contribution in [3.8, 4) is 11.3 Å². The first-order chi connectivity index (χ1) is 10.3. The SMILES string of the molecule is C=C(C)c1nc(-c2ccc(C(C)C)nc2C)c(C)nc1NC. The number of pyridine rings is 1. The van der Waals surface area contributed by atoms with Gasteiger partial charge in [-0.25, -0.2) is 9.97 Å². The molecular weight excluding hydrogens is 272 g/mol. The van der Waals surface area contributed by atoms with Crippen LogP contribution < -0.4 is 5.32 Å². The predicted molar refractivity (Wildman–Crippen MR) is 93.1 cm³/mol. The first-order valence-corrected chi connectivity index (χ1v) is 7.55. The number of hydrogen-bond acceptors (Lipinski definition) is 4. The Kier molecular flexibility index (Phi) is 4.59. The molecule has 1 N–H and O–H groups in total. The molecule has 0 aromatic carbocycles. The summed E-state index contributed by atoms with van der Waals surface area (Å²) in [5, 5.41) is 3.09. The van der Waals surface area contributed by atoms with Crippen molar-refractivity contribution in [2.24, 2.45) is 0 Å². The van der Waals surface area contributed by atoms with Gasteiger partial charge in [0, 0.05) is 24.0 Å². The van der Waals surface area contributed by atoms with Gasteiger partial charge in [-0.3, -0.25) is 4.98 Å². The Hall–Kier alpha value is -2.23. The van der Waals surface area contributed by atoms with E-state index in [1.165, 1.54) is 0 Å². The van der Waals surface area contributed by atoms with Gasteiger partial charge >= 0.3 is 0 Å². The number of anilines is 1. The highest BCUT2D eigenvalue weighted by Crippen LogP contribution is 2.28. The Balaban J connectivity index is 2.62. The molecule has 0 aliphatic rings. The van der Waals surface area contributed by atoms with Crippen molar-refractivity contribution < 1.29 is 0 Å². The van der Waals surface area contributed by atoms with Crippen LogP contribution in [0.4, 0.5) is 5.82 Å². The third-order valence-corrected chi connectivity index (χ3v) is 3.67. The molecule has 0 fully saturated rings. The first-order valence-electron chi connectivity index (χ1n) is 7.55. The zero-order valence-electron chi connectivity index (χ0n) is 14.3. The molecule has 0 bridgehead atoms. The van der Waals surface area contributed by atoms with E-state index in [1.807, 2.05) is 27.8 Å². The lowest BCUT2D eigenvalue weighted by atomic mass is 10.0. The van der Waals surface area contributed by atoms with E-state index in [0.29, 0.717) is 5.92 Å². The van der Waals surface area contributed by atoms with Gasteiger partial charge in [0.25, 0.3) is 0 Å². The van der Waals surface area contributed by atoms with Gasteiger partial charge in [0.1, 0.15) is 5.69 Å². The molecule has 4 nitrogen and oxygen atoms in total. The van der Waals surface area contributed by atoms with Crippen LogP contribution in [-0.2, 0) is 0 Å². The molecule has 0 atom stereocenters. The number of aromatic nitrogens is 3. The smallest absolute Gasteiger partial charge is 0.152 e. The largest absolute Gasteiger partial charge is 0.371 e. The summed E-state index contributed by atoms with van der Waals surface area (Å²) in [6.45, 7) is 14.2. The van der Waals surface area contributed by atoms with Crippen molar-refractivity contribution in [3.63, 3.8) is 0 Å². The van der Waals surface area contributed by atoms with Crippen LogP contribution in [0, 0.1) is 13.8 Å². The minimum absolute atomic E-state index is 0.414. The van der Waals surface area contributed by atoms with Crippen LogP contribution in [0.1, 0.15) is 49.5 Å². The third kappa shape index (κ3) is 3.01. The zero-order chi connectivity index (χ0) is 16.4. The second-order valence-corrected chi connectivity index (χ2v) is 5.91. The molecule has 0 saturated carbocycles. The van der Waals surface area contributed by atoms with Gasteiger partial charge in [-0.15, -0.1) is 0 Å². The molecule has 2 aromatic heterocycles. The van der Waals surface area contributed by atoms with E-state index < -0.39 is 0 Å². The second-order valence-electron chi connectivity index (χ2n) is 5.91. The quantitative estimate of drug-likeness (QED) is 0.911. The van der Waals surface area contributed by atoms with Gasteiger partial charge in [-0.2, -0.15) is 0 Å². The Labute approximate surface area is 132 Å². The highest BCUT2D eigenvalue weighted by Gasteiger charge is 2.15. The second kappa shape index (κ2) is 6.26. The predicted octanol–water partition coefficient (Wildman–Crippen LogP) is 4.35. The van der Waals surface area contributed by atoms with Crippen LogP contribution in [0.15, 0.2) is 18.7 Å². The standard InChI is InChI=1S/C18H24N4/c1-10(2)15-9-8-14(12(5)20-15)17-13(6)21-18(19-7)16(22-17)11(3)4/h8-10H,3H2,1-2,4-7H3,(H,19,21). The van der Waals surface area contributed by atoms with Crippen LogP contribution >= 0.6 is 0 Å². The van der Waals surface area contributed by atoms with Crippen LogP contribution in [0.5, 0.6) is 0 Å². The molecule has 0 amide bonds. The maximum absolute atomic E-state index is 4.78. The lowest BCUT2D eigenvalue weighted by molar-refractivity contribution is 0.816. The molecule has 4 heteroatoms. The minimum atomic E-state index is 0.414. The molecule has 0 unspecified atom stereocenters. The molecule has 116 valence electrons. The highest BCUT2D eigenvalue weighted by molar-refractivity contribution is 5.73. The molecule has 0 radical (unpaired) electrons. The van der Waals surface area contributed by atoms with E-state index in [2.05, 4.69) is 42.9 Å². The molecule has 0 aliphatic heterocycles. The summed E-state index contributed by atoms with van der Waals surface area (Å²) in [6.07, 6.45) is 0. The van der Waals surface area contributed by atoms with E-state index in [-0.39, 0.29) is 0 Å². The van der Waals surface area contributed by atoms with E-state index in [0.717, 1.165) is 45.4 Å². The minimum Gasteiger partial charge on any atom is -0.371 e. The van der Waals surface area contributed by atoms with Gasteiger partial charge in [-0.1, -0.05) is 20.4 Å². The average Bonchev–Trinajstić information content (AvgIpc) is 2.46. The van der Waals surface area contributed by atoms with Crippen LogP contribution in [0.2, 0.25) is 0 Å². The number of allylic oxidation sites excluding steroid dienone is 1. The highest BCUT2D eigenvalue weighted by atomic mass is 15.0. The van der Waals surface area contributed by atoms with E-state index in [4.69, 9.17) is 9.97 Å². The van der Waals surface area contributed by atoms with Crippen molar-refractivity contribution in [1.82, 2.24) is 15.0 Å². The van der Waals surface area contributed by atoms with E-state index >= 15 is 0 Å². The summed E-state index contributed by atoms with van der Waals surface area (Å²) in [5.41, 5.74) is 6.55. The molecule has 22 heavy (non-hydrogen) atoms. The van der Waals surface area contributed by atoms with Crippen LogP contribution in [0.3, 0.4) is 0 Å². The number of hydrogen-bond donors (Lipinski definition) is 1. The summed E-state index contributed by atoms with van der Waals surface area (Å²) in [5.74, 6) is 1.18. The Morgan fingerprint density at radius 3 is 2.27 bits per heavy atom. The van der Waals surface area contributed by atoms with Crippen molar-refractivity contribution >= 4 is 11.4 Å². The lowest BCUT2D eigenvalue weighted by Gasteiger charge is -2.14. The molecule has 2 rings (SSSR count). The van der Waals surface area contributed by atoms with Crippen LogP contribution in [0.25, 0.3) is 16.8 Å². The summed E-state index contributed by atoms with van der Waals surface area (Å²) in [6, 6.07) is 4.16. The average molecular weight is 296 g/mol. The molecule has 2 heterocycles.